The molecule has 1 amide bonds. The Labute approximate surface area is 191 Å². The van der Waals surface area contributed by atoms with Crippen LogP contribution in [0.3, 0.4) is 0 Å². The molecule has 5 aromatic rings. The zero-order valence-corrected chi connectivity index (χ0v) is 17.9. The van der Waals surface area contributed by atoms with E-state index in [9.17, 15) is 9.18 Å². The Morgan fingerprint density at radius 1 is 0.818 bits per heavy atom. The van der Waals surface area contributed by atoms with Crippen molar-refractivity contribution in [2.75, 3.05) is 5.32 Å². The van der Waals surface area contributed by atoms with Gasteiger partial charge < -0.3 is 5.32 Å². The number of carbonyl (C=O) groups excluding carboxylic acids is 1. The predicted octanol–water partition coefficient (Wildman–Crippen LogP) is 6.20. The van der Waals surface area contributed by atoms with Gasteiger partial charge in [-0.05, 0) is 66.6 Å². The lowest BCUT2D eigenvalue weighted by Gasteiger charge is -2.10. The van der Waals surface area contributed by atoms with E-state index in [0.717, 1.165) is 41.0 Å². The monoisotopic (exact) mass is 435 g/mol. The van der Waals surface area contributed by atoms with Crippen LogP contribution in [0.2, 0.25) is 0 Å². The van der Waals surface area contributed by atoms with Crippen LogP contribution < -0.4 is 5.32 Å². The molecular formula is C28H22FN3O. The SMILES string of the molecule is O=C(Nc1ccc(CCc2nc3ccccc3n2-c2ccccc2)cc1)c1cccc(F)c1. The molecule has 1 aromatic heterocycles. The zero-order chi connectivity index (χ0) is 22.6. The van der Waals surface area contributed by atoms with Gasteiger partial charge in [0.25, 0.3) is 5.91 Å². The molecule has 33 heavy (non-hydrogen) atoms. The van der Waals surface area contributed by atoms with Crippen molar-refractivity contribution >= 4 is 22.6 Å². The summed E-state index contributed by atoms with van der Waals surface area (Å²) in [5.74, 6) is 0.240. The highest BCUT2D eigenvalue weighted by molar-refractivity contribution is 6.04. The van der Waals surface area contributed by atoms with E-state index in [2.05, 4.69) is 28.1 Å². The molecule has 0 aliphatic carbocycles. The predicted molar refractivity (Wildman–Crippen MR) is 129 cm³/mol. The van der Waals surface area contributed by atoms with Crippen LogP contribution in [-0.4, -0.2) is 15.5 Å². The third-order valence-corrected chi connectivity index (χ3v) is 5.58. The van der Waals surface area contributed by atoms with Gasteiger partial charge in [-0.15, -0.1) is 0 Å². The largest absolute Gasteiger partial charge is 0.322 e. The number of benzene rings is 4. The van der Waals surface area contributed by atoms with Crippen molar-refractivity contribution in [3.63, 3.8) is 0 Å². The number of rotatable bonds is 6. The summed E-state index contributed by atoms with van der Waals surface area (Å²) >= 11 is 0. The Morgan fingerprint density at radius 2 is 1.58 bits per heavy atom. The van der Waals surface area contributed by atoms with Crippen molar-refractivity contribution in [1.82, 2.24) is 9.55 Å². The highest BCUT2D eigenvalue weighted by atomic mass is 19.1. The number of anilines is 1. The third kappa shape index (κ3) is 4.53. The van der Waals surface area contributed by atoms with Crippen LogP contribution in [0.1, 0.15) is 21.7 Å². The van der Waals surface area contributed by atoms with Gasteiger partial charge in [-0.3, -0.25) is 9.36 Å². The molecule has 1 heterocycles. The number of amides is 1. The highest BCUT2D eigenvalue weighted by Crippen LogP contribution is 2.23. The van der Waals surface area contributed by atoms with E-state index < -0.39 is 5.82 Å². The summed E-state index contributed by atoms with van der Waals surface area (Å²) in [5, 5.41) is 2.81. The first-order valence-corrected chi connectivity index (χ1v) is 10.8. The summed E-state index contributed by atoms with van der Waals surface area (Å²) in [4.78, 5) is 17.2. The second-order valence-electron chi connectivity index (χ2n) is 7.85. The van der Waals surface area contributed by atoms with Crippen molar-refractivity contribution in [3.05, 3.63) is 126 Å². The van der Waals surface area contributed by atoms with Crippen LogP contribution in [0.25, 0.3) is 16.7 Å². The van der Waals surface area contributed by atoms with Gasteiger partial charge in [0.1, 0.15) is 11.6 Å². The van der Waals surface area contributed by atoms with Crippen LogP contribution >= 0.6 is 0 Å². The first-order chi connectivity index (χ1) is 16.2. The maximum absolute atomic E-state index is 13.4. The highest BCUT2D eigenvalue weighted by Gasteiger charge is 2.12. The van der Waals surface area contributed by atoms with E-state index >= 15 is 0 Å². The summed E-state index contributed by atoms with van der Waals surface area (Å²) in [6.45, 7) is 0. The van der Waals surface area contributed by atoms with Crippen molar-refractivity contribution in [2.24, 2.45) is 0 Å². The van der Waals surface area contributed by atoms with Crippen molar-refractivity contribution in [2.45, 2.75) is 12.8 Å². The lowest BCUT2D eigenvalue weighted by Crippen LogP contribution is -2.12. The molecular weight excluding hydrogens is 413 g/mol. The minimum Gasteiger partial charge on any atom is -0.322 e. The molecule has 1 N–H and O–H groups in total. The Kier molecular flexibility index (Phi) is 5.68. The van der Waals surface area contributed by atoms with Gasteiger partial charge in [-0.2, -0.15) is 0 Å². The van der Waals surface area contributed by atoms with Crippen molar-refractivity contribution < 1.29 is 9.18 Å². The topological polar surface area (TPSA) is 46.9 Å². The van der Waals surface area contributed by atoms with Gasteiger partial charge in [0.05, 0.1) is 11.0 Å². The molecule has 5 heteroatoms. The lowest BCUT2D eigenvalue weighted by molar-refractivity contribution is 0.102. The lowest BCUT2D eigenvalue weighted by atomic mass is 10.1. The number of para-hydroxylation sites is 3. The number of imidazole rings is 1. The summed E-state index contributed by atoms with van der Waals surface area (Å²) < 4.78 is 15.6. The summed E-state index contributed by atoms with van der Waals surface area (Å²) in [7, 11) is 0. The van der Waals surface area contributed by atoms with Gasteiger partial charge in [-0.1, -0.05) is 48.5 Å². The van der Waals surface area contributed by atoms with Gasteiger partial charge in [0.15, 0.2) is 0 Å². The number of nitrogens with zero attached hydrogens (tertiary/aromatic N) is 2. The standard InChI is InChI=1S/C28H22FN3O/c29-22-8-6-7-21(19-22)28(33)30-23-16-13-20(14-17-23)15-18-27-31-25-11-4-5-12-26(25)32(27)24-9-2-1-3-10-24/h1-14,16-17,19H,15,18H2,(H,30,33). The van der Waals surface area contributed by atoms with Crippen LogP contribution in [0, 0.1) is 5.82 Å². The quantitative estimate of drug-likeness (QED) is 0.345. The Balaban J connectivity index is 1.32. The molecule has 0 bridgehead atoms. The van der Waals surface area contributed by atoms with Crippen LogP contribution in [0.5, 0.6) is 0 Å². The number of hydrogen-bond acceptors (Lipinski definition) is 2. The molecule has 0 aliphatic rings. The molecule has 4 nitrogen and oxygen atoms in total. The summed E-state index contributed by atoms with van der Waals surface area (Å²) in [6.07, 6.45) is 1.59. The second-order valence-corrected chi connectivity index (χ2v) is 7.85. The van der Waals surface area contributed by atoms with E-state index in [-0.39, 0.29) is 5.91 Å². The molecule has 0 unspecified atom stereocenters. The van der Waals surface area contributed by atoms with E-state index in [1.165, 1.54) is 18.2 Å². The number of hydrogen-bond donors (Lipinski definition) is 1. The zero-order valence-electron chi connectivity index (χ0n) is 17.9. The molecule has 0 saturated carbocycles. The molecule has 0 saturated heterocycles. The number of fused-ring (bicyclic) bond motifs is 1. The normalized spacial score (nSPS) is 10.9. The van der Waals surface area contributed by atoms with Crippen molar-refractivity contribution in [3.8, 4) is 5.69 Å². The Bertz CT molecular complexity index is 1410. The maximum Gasteiger partial charge on any atom is 0.255 e. The van der Waals surface area contributed by atoms with Crippen LogP contribution in [0.4, 0.5) is 10.1 Å². The average Bonchev–Trinajstić information content (AvgIpc) is 3.22. The molecule has 0 atom stereocenters. The average molecular weight is 436 g/mol. The fourth-order valence-electron chi connectivity index (χ4n) is 3.95. The summed E-state index contributed by atoms with van der Waals surface area (Å²) in [6, 6.07) is 31.8. The van der Waals surface area contributed by atoms with Gasteiger partial charge in [0, 0.05) is 23.4 Å². The fourth-order valence-corrected chi connectivity index (χ4v) is 3.95. The minimum atomic E-state index is -0.431. The number of halogens is 1. The first kappa shape index (κ1) is 20.6. The number of carbonyl (C=O) groups is 1. The van der Waals surface area contributed by atoms with E-state index in [0.29, 0.717) is 11.3 Å². The third-order valence-electron chi connectivity index (χ3n) is 5.58. The van der Waals surface area contributed by atoms with Crippen molar-refractivity contribution in [1.29, 1.82) is 0 Å². The van der Waals surface area contributed by atoms with Gasteiger partial charge in [-0.25, -0.2) is 9.37 Å². The molecule has 0 spiro atoms. The number of aromatic nitrogens is 2. The van der Waals surface area contributed by atoms with Crippen LogP contribution in [-0.2, 0) is 12.8 Å². The molecule has 0 aliphatic heterocycles. The van der Waals surface area contributed by atoms with Gasteiger partial charge >= 0.3 is 0 Å². The van der Waals surface area contributed by atoms with Gasteiger partial charge in [0.2, 0.25) is 0 Å². The molecule has 0 radical (unpaired) electrons. The molecule has 4 aromatic carbocycles. The molecule has 0 fully saturated rings. The summed E-state index contributed by atoms with van der Waals surface area (Å²) in [5.41, 5.74) is 5.27. The number of nitrogens with one attached hydrogen (secondary N) is 1. The second kappa shape index (κ2) is 9.09. The minimum absolute atomic E-state index is 0.291. The Hall–Kier alpha value is -4.25. The van der Waals surface area contributed by atoms with E-state index in [4.69, 9.17) is 4.98 Å². The molecule has 162 valence electrons. The first-order valence-electron chi connectivity index (χ1n) is 10.8. The van der Waals surface area contributed by atoms with E-state index in [1.54, 1.807) is 6.07 Å². The number of aryl methyl sites for hydroxylation is 2. The van der Waals surface area contributed by atoms with Crippen LogP contribution in [0.15, 0.2) is 103 Å². The maximum atomic E-state index is 13.4. The molecule has 5 rings (SSSR count). The fraction of sp³-hybridized carbons (Fsp3) is 0.0714. The van der Waals surface area contributed by atoms with E-state index in [1.807, 2.05) is 60.7 Å². The smallest absolute Gasteiger partial charge is 0.255 e. The Morgan fingerprint density at radius 3 is 2.36 bits per heavy atom.